The molecule has 0 aliphatic heterocycles. The van der Waals surface area contributed by atoms with Crippen molar-refractivity contribution in [1.82, 2.24) is 0 Å². The molecule has 0 aromatic heterocycles. The van der Waals surface area contributed by atoms with Crippen LogP contribution in [-0.2, 0) is 0 Å². The molecule has 3 rings (SSSR count). The number of rotatable bonds is 4. The van der Waals surface area contributed by atoms with E-state index in [1.165, 1.54) is 0 Å². The highest BCUT2D eigenvalue weighted by Gasteiger charge is 2.20. The fourth-order valence-corrected chi connectivity index (χ4v) is 2.93. The average Bonchev–Trinajstić information content (AvgIpc) is 2.64. The van der Waals surface area contributed by atoms with Crippen molar-refractivity contribution < 1.29 is 19.1 Å². The molecule has 28 heavy (non-hydrogen) atoms. The van der Waals surface area contributed by atoms with Crippen molar-refractivity contribution in [3.63, 3.8) is 0 Å². The summed E-state index contributed by atoms with van der Waals surface area (Å²) in [5.41, 5.74) is 4.44. The van der Waals surface area contributed by atoms with Gasteiger partial charge in [-0.15, -0.1) is 0 Å². The maximum atomic E-state index is 12.7. The Bertz CT molecular complexity index is 1030. The lowest BCUT2D eigenvalue weighted by atomic mass is 10.1. The van der Waals surface area contributed by atoms with E-state index in [1.807, 2.05) is 39.8 Å². The van der Waals surface area contributed by atoms with Gasteiger partial charge < -0.3 is 9.47 Å². The van der Waals surface area contributed by atoms with Crippen LogP contribution in [0.2, 0.25) is 0 Å². The van der Waals surface area contributed by atoms with E-state index < -0.39 is 11.9 Å². The quantitative estimate of drug-likeness (QED) is 0.456. The van der Waals surface area contributed by atoms with Crippen LogP contribution in [0.25, 0.3) is 0 Å². The summed E-state index contributed by atoms with van der Waals surface area (Å²) in [5, 5.41) is 0. The van der Waals surface area contributed by atoms with Crippen LogP contribution < -0.4 is 9.47 Å². The number of hydrogen-bond donors (Lipinski definition) is 0. The Kier molecular flexibility index (Phi) is 5.59. The molecule has 0 saturated heterocycles. The zero-order chi connectivity index (χ0) is 20.3. The maximum absolute atomic E-state index is 12.7. The highest BCUT2D eigenvalue weighted by molar-refractivity contribution is 6.04. The van der Waals surface area contributed by atoms with Crippen molar-refractivity contribution in [2.24, 2.45) is 0 Å². The number of hydrogen-bond acceptors (Lipinski definition) is 4. The molecule has 4 nitrogen and oxygen atoms in total. The summed E-state index contributed by atoms with van der Waals surface area (Å²) in [6.45, 7) is 7.79. The molecule has 0 spiro atoms. The molecular formula is C24H22O4. The lowest BCUT2D eigenvalue weighted by Crippen LogP contribution is -2.17. The van der Waals surface area contributed by atoms with Crippen molar-refractivity contribution in [3.8, 4) is 11.5 Å². The monoisotopic (exact) mass is 374 g/mol. The normalized spacial score (nSPS) is 10.4. The molecule has 3 aromatic carbocycles. The number of esters is 2. The second-order valence-corrected chi connectivity index (χ2v) is 6.89. The molecule has 0 fully saturated rings. The molecule has 0 unspecified atom stereocenters. The first-order valence-corrected chi connectivity index (χ1v) is 9.02. The van der Waals surface area contributed by atoms with Crippen molar-refractivity contribution in [2.75, 3.05) is 0 Å². The van der Waals surface area contributed by atoms with Gasteiger partial charge in [0.05, 0.1) is 11.1 Å². The largest absolute Gasteiger partial charge is 0.423 e. The molecule has 3 aromatic rings. The molecule has 0 N–H and O–H groups in total. The number of aryl methyl sites for hydroxylation is 4. The minimum atomic E-state index is -0.601. The first-order chi connectivity index (χ1) is 13.3. The third-order valence-corrected chi connectivity index (χ3v) is 4.46. The SMILES string of the molecule is Cc1cc(C)cc(OC(=O)c2ccccc2C(=O)Oc2ccc(C)c(C)c2)c1. The second-order valence-electron chi connectivity index (χ2n) is 6.89. The molecule has 142 valence electrons. The summed E-state index contributed by atoms with van der Waals surface area (Å²) in [4.78, 5) is 25.3. The summed E-state index contributed by atoms with van der Waals surface area (Å²) in [6.07, 6.45) is 0. The summed E-state index contributed by atoms with van der Waals surface area (Å²) in [5.74, 6) is -0.320. The van der Waals surface area contributed by atoms with Gasteiger partial charge in [0.25, 0.3) is 0 Å². The van der Waals surface area contributed by atoms with Crippen molar-refractivity contribution in [1.29, 1.82) is 0 Å². The summed E-state index contributed by atoms with van der Waals surface area (Å²) >= 11 is 0. The predicted molar refractivity (Wildman–Crippen MR) is 108 cm³/mol. The van der Waals surface area contributed by atoms with Gasteiger partial charge in [-0.3, -0.25) is 0 Å². The van der Waals surface area contributed by atoms with Crippen LogP contribution in [0.15, 0.2) is 60.7 Å². The van der Waals surface area contributed by atoms with Gasteiger partial charge >= 0.3 is 11.9 Å². The number of benzene rings is 3. The fourth-order valence-electron chi connectivity index (χ4n) is 2.93. The van der Waals surface area contributed by atoms with Crippen molar-refractivity contribution in [3.05, 3.63) is 94.0 Å². The van der Waals surface area contributed by atoms with E-state index in [9.17, 15) is 9.59 Å². The maximum Gasteiger partial charge on any atom is 0.344 e. The molecule has 0 saturated carbocycles. The van der Waals surface area contributed by atoms with Gasteiger partial charge in [0.15, 0.2) is 0 Å². The lowest BCUT2D eigenvalue weighted by molar-refractivity contribution is 0.0692. The number of carbonyl (C=O) groups is 2. The van der Waals surface area contributed by atoms with Gasteiger partial charge in [-0.05, 0) is 86.3 Å². The van der Waals surface area contributed by atoms with Crippen LogP contribution in [0.5, 0.6) is 11.5 Å². The van der Waals surface area contributed by atoms with Crippen LogP contribution in [-0.4, -0.2) is 11.9 Å². The zero-order valence-electron chi connectivity index (χ0n) is 16.4. The summed E-state index contributed by atoms with van der Waals surface area (Å²) < 4.78 is 11.0. The molecule has 0 atom stereocenters. The predicted octanol–water partition coefficient (Wildman–Crippen LogP) is 5.36. The van der Waals surface area contributed by atoms with Gasteiger partial charge in [-0.2, -0.15) is 0 Å². The van der Waals surface area contributed by atoms with Gasteiger partial charge in [0, 0.05) is 0 Å². The van der Waals surface area contributed by atoms with E-state index in [1.54, 1.807) is 48.5 Å². The third kappa shape index (κ3) is 4.46. The number of ether oxygens (including phenoxy) is 2. The zero-order valence-corrected chi connectivity index (χ0v) is 16.4. The standard InChI is InChI=1S/C24H22O4/c1-15-11-16(2)13-20(12-15)28-24(26)22-8-6-5-7-21(22)23(25)27-19-10-9-17(3)18(4)14-19/h5-14H,1-4H3. The Morgan fingerprint density at radius 2 is 1.14 bits per heavy atom. The first-order valence-electron chi connectivity index (χ1n) is 9.02. The van der Waals surface area contributed by atoms with Crippen LogP contribution in [0.1, 0.15) is 43.0 Å². The van der Waals surface area contributed by atoms with Crippen LogP contribution in [0.3, 0.4) is 0 Å². The van der Waals surface area contributed by atoms with E-state index in [0.29, 0.717) is 11.5 Å². The lowest BCUT2D eigenvalue weighted by Gasteiger charge is -2.11. The molecule has 0 amide bonds. The molecule has 0 aliphatic rings. The Balaban J connectivity index is 1.84. The minimum Gasteiger partial charge on any atom is -0.423 e. The van der Waals surface area contributed by atoms with E-state index in [-0.39, 0.29) is 11.1 Å². The van der Waals surface area contributed by atoms with Crippen molar-refractivity contribution >= 4 is 11.9 Å². The first kappa shape index (κ1) is 19.4. The van der Waals surface area contributed by atoms with Gasteiger partial charge in [-0.25, -0.2) is 9.59 Å². The van der Waals surface area contributed by atoms with E-state index in [0.717, 1.165) is 22.3 Å². The highest BCUT2D eigenvalue weighted by Crippen LogP contribution is 2.21. The number of carbonyl (C=O) groups excluding carboxylic acids is 2. The smallest absolute Gasteiger partial charge is 0.344 e. The van der Waals surface area contributed by atoms with Crippen LogP contribution in [0, 0.1) is 27.7 Å². The van der Waals surface area contributed by atoms with Crippen LogP contribution in [0.4, 0.5) is 0 Å². The molecular weight excluding hydrogens is 352 g/mol. The van der Waals surface area contributed by atoms with E-state index in [2.05, 4.69) is 0 Å². The molecule has 0 aliphatic carbocycles. The topological polar surface area (TPSA) is 52.6 Å². The Morgan fingerprint density at radius 1 is 0.607 bits per heavy atom. The van der Waals surface area contributed by atoms with Crippen molar-refractivity contribution in [2.45, 2.75) is 27.7 Å². The fraction of sp³-hybridized carbons (Fsp3) is 0.167. The van der Waals surface area contributed by atoms with Gasteiger partial charge in [0.2, 0.25) is 0 Å². The Labute approximate surface area is 164 Å². The minimum absolute atomic E-state index is 0.162. The molecule has 0 heterocycles. The Hall–Kier alpha value is -3.40. The van der Waals surface area contributed by atoms with Gasteiger partial charge in [-0.1, -0.05) is 24.3 Å². The van der Waals surface area contributed by atoms with E-state index >= 15 is 0 Å². The van der Waals surface area contributed by atoms with Gasteiger partial charge in [0.1, 0.15) is 11.5 Å². The Morgan fingerprint density at radius 3 is 1.68 bits per heavy atom. The average molecular weight is 374 g/mol. The van der Waals surface area contributed by atoms with Crippen LogP contribution >= 0.6 is 0 Å². The third-order valence-electron chi connectivity index (χ3n) is 4.46. The summed E-state index contributed by atoms with van der Waals surface area (Å²) in [6, 6.07) is 17.4. The molecule has 0 radical (unpaired) electrons. The van der Waals surface area contributed by atoms with E-state index in [4.69, 9.17) is 9.47 Å². The molecule has 4 heteroatoms. The molecule has 0 bridgehead atoms. The highest BCUT2D eigenvalue weighted by atomic mass is 16.5. The second kappa shape index (κ2) is 8.09. The summed E-state index contributed by atoms with van der Waals surface area (Å²) in [7, 11) is 0.